The second-order valence-electron chi connectivity index (χ2n) is 3.64. The minimum Gasteiger partial charge on any atom is -0.357 e. The van der Waals surface area contributed by atoms with E-state index in [0.29, 0.717) is 0 Å². The Morgan fingerprint density at radius 3 is 2.62 bits per heavy atom. The average Bonchev–Trinajstić information content (AvgIpc) is 2.31. The molecule has 0 aliphatic rings. The third kappa shape index (κ3) is 1.92. The number of fused-ring (bicyclic) bond motifs is 1. The van der Waals surface area contributed by atoms with E-state index in [9.17, 15) is 0 Å². The Kier molecular flexibility index (Phi) is 3.44. The van der Waals surface area contributed by atoms with E-state index in [1.807, 2.05) is 12.3 Å². The van der Waals surface area contributed by atoms with Crippen molar-refractivity contribution in [3.63, 3.8) is 0 Å². The summed E-state index contributed by atoms with van der Waals surface area (Å²) in [4.78, 5) is 6.78. The van der Waals surface area contributed by atoms with Crippen molar-refractivity contribution in [2.75, 3.05) is 18.0 Å². The van der Waals surface area contributed by atoms with Crippen LogP contribution in [0.5, 0.6) is 0 Å². The van der Waals surface area contributed by atoms with Crippen LogP contribution in [-0.2, 0) is 0 Å². The third-order valence-corrected chi connectivity index (χ3v) is 3.44. The first-order valence-electron chi connectivity index (χ1n) is 5.56. The zero-order valence-corrected chi connectivity index (χ0v) is 11.2. The number of aromatic nitrogens is 1. The number of hydrogen-bond donors (Lipinski definition) is 0. The van der Waals surface area contributed by atoms with Crippen LogP contribution in [0.4, 0.5) is 5.82 Å². The molecule has 0 aliphatic heterocycles. The molecule has 0 unspecified atom stereocenters. The highest BCUT2D eigenvalue weighted by Gasteiger charge is 2.10. The predicted octanol–water partition coefficient (Wildman–Crippen LogP) is 3.84. The van der Waals surface area contributed by atoms with Crippen molar-refractivity contribution in [2.24, 2.45) is 0 Å². The molecule has 0 N–H and O–H groups in total. The lowest BCUT2D eigenvalue weighted by Gasteiger charge is -2.21. The smallest absolute Gasteiger partial charge is 0.137 e. The molecule has 2 nitrogen and oxygen atoms in total. The van der Waals surface area contributed by atoms with Gasteiger partial charge in [-0.05, 0) is 31.4 Å². The topological polar surface area (TPSA) is 16.1 Å². The first-order valence-corrected chi connectivity index (χ1v) is 6.35. The first kappa shape index (κ1) is 11.4. The molecule has 84 valence electrons. The molecule has 0 radical (unpaired) electrons. The summed E-state index contributed by atoms with van der Waals surface area (Å²) in [6.07, 6.45) is 1.88. The number of hydrogen-bond acceptors (Lipinski definition) is 2. The Morgan fingerprint density at radius 1 is 1.19 bits per heavy atom. The molecule has 1 aromatic carbocycles. The Balaban J connectivity index is 2.69. The van der Waals surface area contributed by atoms with E-state index >= 15 is 0 Å². The normalized spacial score (nSPS) is 10.7. The van der Waals surface area contributed by atoms with Crippen LogP contribution < -0.4 is 4.90 Å². The quantitative estimate of drug-likeness (QED) is 0.848. The summed E-state index contributed by atoms with van der Waals surface area (Å²) in [5.41, 5.74) is 0. The lowest BCUT2D eigenvalue weighted by molar-refractivity contribution is 0.851. The molecule has 16 heavy (non-hydrogen) atoms. The van der Waals surface area contributed by atoms with E-state index in [1.165, 1.54) is 10.8 Å². The fraction of sp³-hybridized carbons (Fsp3) is 0.308. The van der Waals surface area contributed by atoms with Crippen molar-refractivity contribution in [1.29, 1.82) is 0 Å². The molecular weight excluding hydrogens is 264 g/mol. The van der Waals surface area contributed by atoms with E-state index in [0.717, 1.165) is 23.4 Å². The molecule has 1 heterocycles. The van der Waals surface area contributed by atoms with Gasteiger partial charge in [0.25, 0.3) is 0 Å². The summed E-state index contributed by atoms with van der Waals surface area (Å²) in [7, 11) is 0. The Labute approximate surface area is 104 Å². The van der Waals surface area contributed by atoms with Gasteiger partial charge in [0.15, 0.2) is 0 Å². The minimum absolute atomic E-state index is 0.976. The largest absolute Gasteiger partial charge is 0.357 e. The molecule has 0 spiro atoms. The monoisotopic (exact) mass is 278 g/mol. The molecular formula is C13H15BrN2. The van der Waals surface area contributed by atoms with Gasteiger partial charge in [-0.1, -0.05) is 28.1 Å². The number of pyridine rings is 1. The van der Waals surface area contributed by atoms with Gasteiger partial charge in [0.05, 0.1) is 0 Å². The fourth-order valence-corrected chi connectivity index (χ4v) is 2.49. The number of benzene rings is 1. The molecule has 0 aliphatic carbocycles. The van der Waals surface area contributed by atoms with Crippen molar-refractivity contribution in [1.82, 2.24) is 4.98 Å². The molecule has 2 aromatic rings. The van der Waals surface area contributed by atoms with E-state index in [-0.39, 0.29) is 0 Å². The second-order valence-corrected chi connectivity index (χ2v) is 4.50. The summed E-state index contributed by atoms with van der Waals surface area (Å²) < 4.78 is 1.11. The Bertz CT molecular complexity index is 487. The van der Waals surface area contributed by atoms with E-state index in [1.54, 1.807) is 0 Å². The molecule has 1 aromatic heterocycles. The zero-order chi connectivity index (χ0) is 11.5. The number of anilines is 1. The maximum absolute atomic E-state index is 4.51. The third-order valence-electron chi connectivity index (χ3n) is 2.78. The highest BCUT2D eigenvalue weighted by atomic mass is 79.9. The van der Waals surface area contributed by atoms with Crippen LogP contribution in [0.25, 0.3) is 10.8 Å². The SMILES string of the molecule is CCN(CC)c1nccc2cccc(Br)c12. The van der Waals surface area contributed by atoms with Crippen LogP contribution in [0, 0.1) is 0 Å². The lowest BCUT2D eigenvalue weighted by atomic mass is 10.1. The van der Waals surface area contributed by atoms with E-state index in [2.05, 4.69) is 57.9 Å². The molecule has 2 rings (SSSR count). The number of rotatable bonds is 3. The van der Waals surface area contributed by atoms with Crippen molar-refractivity contribution < 1.29 is 0 Å². The van der Waals surface area contributed by atoms with Gasteiger partial charge in [-0.25, -0.2) is 4.98 Å². The second kappa shape index (κ2) is 4.83. The summed E-state index contributed by atoms with van der Waals surface area (Å²) in [5.74, 6) is 1.06. The van der Waals surface area contributed by atoms with Gasteiger partial charge in [0.1, 0.15) is 5.82 Å². The summed E-state index contributed by atoms with van der Waals surface area (Å²) in [6.45, 7) is 6.26. The van der Waals surface area contributed by atoms with Gasteiger partial charge in [-0.3, -0.25) is 0 Å². The number of halogens is 1. The van der Waals surface area contributed by atoms with E-state index < -0.39 is 0 Å². The van der Waals surface area contributed by atoms with Crippen LogP contribution in [0.1, 0.15) is 13.8 Å². The maximum Gasteiger partial charge on any atom is 0.137 e. The molecule has 0 saturated carbocycles. The van der Waals surface area contributed by atoms with Gasteiger partial charge in [0, 0.05) is 29.1 Å². The Morgan fingerprint density at radius 2 is 1.94 bits per heavy atom. The van der Waals surface area contributed by atoms with E-state index in [4.69, 9.17) is 0 Å². The van der Waals surface area contributed by atoms with Crippen LogP contribution in [0.3, 0.4) is 0 Å². The van der Waals surface area contributed by atoms with Crippen LogP contribution in [-0.4, -0.2) is 18.1 Å². The van der Waals surface area contributed by atoms with Gasteiger partial charge >= 0.3 is 0 Å². The molecule has 0 saturated heterocycles. The number of nitrogens with zero attached hydrogens (tertiary/aromatic N) is 2. The predicted molar refractivity (Wildman–Crippen MR) is 73.0 cm³/mol. The Hall–Kier alpha value is -1.09. The van der Waals surface area contributed by atoms with Crippen molar-refractivity contribution in [3.05, 3.63) is 34.9 Å². The zero-order valence-electron chi connectivity index (χ0n) is 9.57. The minimum atomic E-state index is 0.976. The standard InChI is InChI=1S/C13H15BrN2/c1-3-16(4-2)13-12-10(8-9-15-13)6-5-7-11(12)14/h5-9H,3-4H2,1-2H3. The lowest BCUT2D eigenvalue weighted by Crippen LogP contribution is -2.23. The van der Waals surface area contributed by atoms with Crippen molar-refractivity contribution in [2.45, 2.75) is 13.8 Å². The summed E-state index contributed by atoms with van der Waals surface area (Å²) >= 11 is 3.61. The summed E-state index contributed by atoms with van der Waals surface area (Å²) in [6, 6.07) is 8.29. The molecule has 3 heteroatoms. The maximum atomic E-state index is 4.51. The van der Waals surface area contributed by atoms with Gasteiger partial charge in [-0.15, -0.1) is 0 Å². The first-order chi connectivity index (χ1) is 7.77. The fourth-order valence-electron chi connectivity index (χ4n) is 1.93. The molecule has 0 amide bonds. The molecule has 0 fully saturated rings. The van der Waals surface area contributed by atoms with Crippen LogP contribution >= 0.6 is 15.9 Å². The van der Waals surface area contributed by atoms with Crippen molar-refractivity contribution in [3.8, 4) is 0 Å². The molecule has 0 atom stereocenters. The van der Waals surface area contributed by atoms with Crippen LogP contribution in [0.2, 0.25) is 0 Å². The van der Waals surface area contributed by atoms with Crippen molar-refractivity contribution >= 4 is 32.5 Å². The highest BCUT2D eigenvalue weighted by molar-refractivity contribution is 9.10. The summed E-state index contributed by atoms with van der Waals surface area (Å²) in [5, 5.41) is 2.43. The van der Waals surface area contributed by atoms with Gasteiger partial charge in [-0.2, -0.15) is 0 Å². The highest BCUT2D eigenvalue weighted by Crippen LogP contribution is 2.30. The molecule has 0 bridgehead atoms. The van der Waals surface area contributed by atoms with Gasteiger partial charge < -0.3 is 4.90 Å². The average molecular weight is 279 g/mol. The van der Waals surface area contributed by atoms with Crippen LogP contribution in [0.15, 0.2) is 34.9 Å². The van der Waals surface area contributed by atoms with Gasteiger partial charge in [0.2, 0.25) is 0 Å².